The molecular formula is C17H11FN2O. The Hall–Kier alpha value is -2.88. The molecule has 2 heterocycles. The van der Waals surface area contributed by atoms with Crippen molar-refractivity contribution >= 4 is 27.6 Å². The van der Waals surface area contributed by atoms with Crippen molar-refractivity contribution < 1.29 is 8.81 Å². The lowest BCUT2D eigenvalue weighted by Crippen LogP contribution is -1.93. The molecule has 0 bridgehead atoms. The van der Waals surface area contributed by atoms with Crippen molar-refractivity contribution in [3.63, 3.8) is 0 Å². The van der Waals surface area contributed by atoms with Crippen LogP contribution >= 0.6 is 0 Å². The molecule has 21 heavy (non-hydrogen) atoms. The summed E-state index contributed by atoms with van der Waals surface area (Å²) >= 11 is 0. The number of pyridine rings is 1. The van der Waals surface area contributed by atoms with Crippen LogP contribution in [0.5, 0.6) is 0 Å². The van der Waals surface area contributed by atoms with Gasteiger partial charge in [0.25, 0.3) is 0 Å². The Morgan fingerprint density at radius 2 is 1.86 bits per heavy atom. The molecule has 0 aliphatic carbocycles. The van der Waals surface area contributed by atoms with E-state index in [4.69, 9.17) is 10.2 Å². The first kappa shape index (κ1) is 11.9. The molecular weight excluding hydrogens is 267 g/mol. The first-order valence-electron chi connectivity index (χ1n) is 6.55. The minimum atomic E-state index is -0.314. The number of nitrogens with zero attached hydrogens (tertiary/aromatic N) is 1. The average molecular weight is 278 g/mol. The van der Waals surface area contributed by atoms with Gasteiger partial charge in [-0.15, -0.1) is 0 Å². The molecule has 0 aliphatic rings. The van der Waals surface area contributed by atoms with E-state index in [1.807, 2.05) is 30.3 Å². The molecule has 0 radical (unpaired) electrons. The van der Waals surface area contributed by atoms with E-state index in [-0.39, 0.29) is 5.82 Å². The molecule has 0 unspecified atom stereocenters. The number of fused-ring (bicyclic) bond motifs is 2. The van der Waals surface area contributed by atoms with Gasteiger partial charge in [-0.2, -0.15) is 0 Å². The first-order chi connectivity index (χ1) is 10.2. The minimum Gasteiger partial charge on any atom is -0.456 e. The number of anilines is 1. The zero-order valence-corrected chi connectivity index (χ0v) is 11.0. The highest BCUT2D eigenvalue weighted by Gasteiger charge is 2.12. The number of para-hydroxylation sites is 1. The quantitative estimate of drug-likeness (QED) is 0.562. The Balaban J connectivity index is 2.05. The molecule has 2 N–H and O–H groups in total. The zero-order chi connectivity index (χ0) is 14.4. The Morgan fingerprint density at radius 3 is 2.71 bits per heavy atom. The third-order valence-corrected chi connectivity index (χ3v) is 3.57. The van der Waals surface area contributed by atoms with Gasteiger partial charge in [-0.1, -0.05) is 18.2 Å². The lowest BCUT2D eigenvalue weighted by molar-refractivity contribution is 0.628. The second-order valence-corrected chi connectivity index (χ2v) is 4.90. The highest BCUT2D eigenvalue weighted by atomic mass is 19.1. The van der Waals surface area contributed by atoms with Gasteiger partial charge in [-0.25, -0.2) is 9.37 Å². The highest BCUT2D eigenvalue weighted by molar-refractivity contribution is 6.01. The molecule has 2 aromatic carbocycles. The fourth-order valence-corrected chi connectivity index (χ4v) is 2.55. The van der Waals surface area contributed by atoms with E-state index < -0.39 is 0 Å². The molecule has 0 aliphatic heterocycles. The van der Waals surface area contributed by atoms with Crippen LogP contribution in [0.15, 0.2) is 59.1 Å². The van der Waals surface area contributed by atoms with E-state index in [0.717, 1.165) is 16.5 Å². The first-order valence-corrected chi connectivity index (χ1v) is 6.55. The second-order valence-electron chi connectivity index (χ2n) is 4.90. The molecule has 102 valence electrons. The maximum Gasteiger partial charge on any atom is 0.137 e. The number of benzene rings is 2. The number of nitrogen functional groups attached to an aromatic ring is 1. The van der Waals surface area contributed by atoms with Gasteiger partial charge >= 0.3 is 0 Å². The summed E-state index contributed by atoms with van der Waals surface area (Å²) in [5, 5.41) is 2.41. The average Bonchev–Trinajstić information content (AvgIpc) is 2.91. The summed E-state index contributed by atoms with van der Waals surface area (Å²) in [6.45, 7) is 0. The van der Waals surface area contributed by atoms with E-state index in [9.17, 15) is 4.39 Å². The van der Waals surface area contributed by atoms with Crippen molar-refractivity contribution in [1.29, 1.82) is 0 Å². The predicted molar refractivity (Wildman–Crippen MR) is 81.3 cm³/mol. The van der Waals surface area contributed by atoms with Crippen LogP contribution in [0.1, 0.15) is 0 Å². The van der Waals surface area contributed by atoms with Crippen molar-refractivity contribution in [2.45, 2.75) is 0 Å². The lowest BCUT2D eigenvalue weighted by Gasteiger charge is -2.06. The van der Waals surface area contributed by atoms with Crippen LogP contribution in [0.4, 0.5) is 10.2 Å². The van der Waals surface area contributed by atoms with E-state index in [0.29, 0.717) is 22.4 Å². The summed E-state index contributed by atoms with van der Waals surface area (Å²) < 4.78 is 19.4. The summed E-state index contributed by atoms with van der Waals surface area (Å²) in [6.07, 6.45) is 1.62. The van der Waals surface area contributed by atoms with E-state index >= 15 is 0 Å². The number of aromatic nitrogens is 1. The van der Waals surface area contributed by atoms with Crippen molar-refractivity contribution in [3.05, 3.63) is 60.5 Å². The SMILES string of the molecule is Nc1ncc(-c2cc3ccccc3o2)c2cc(F)ccc12. The van der Waals surface area contributed by atoms with Gasteiger partial charge in [-0.3, -0.25) is 0 Å². The number of furan rings is 1. The molecule has 4 rings (SSSR count). The molecule has 0 saturated carbocycles. The van der Waals surface area contributed by atoms with E-state index in [1.54, 1.807) is 12.3 Å². The van der Waals surface area contributed by atoms with Gasteiger partial charge in [0.1, 0.15) is 23.0 Å². The Labute approximate surface area is 119 Å². The van der Waals surface area contributed by atoms with Crippen molar-refractivity contribution in [2.24, 2.45) is 0 Å². The van der Waals surface area contributed by atoms with Crippen LogP contribution in [0.2, 0.25) is 0 Å². The van der Waals surface area contributed by atoms with Crippen LogP contribution in [-0.4, -0.2) is 4.98 Å². The molecule has 0 amide bonds. The topological polar surface area (TPSA) is 52.0 Å². The molecule has 3 nitrogen and oxygen atoms in total. The molecule has 2 aromatic heterocycles. The lowest BCUT2D eigenvalue weighted by atomic mass is 10.0. The fraction of sp³-hybridized carbons (Fsp3) is 0. The minimum absolute atomic E-state index is 0.314. The fourth-order valence-electron chi connectivity index (χ4n) is 2.55. The maximum absolute atomic E-state index is 13.6. The van der Waals surface area contributed by atoms with Crippen LogP contribution in [0.25, 0.3) is 33.1 Å². The smallest absolute Gasteiger partial charge is 0.137 e. The molecule has 0 atom stereocenters. The van der Waals surface area contributed by atoms with Crippen LogP contribution in [-0.2, 0) is 0 Å². The molecule has 4 aromatic rings. The van der Waals surface area contributed by atoms with Gasteiger partial charge in [0, 0.05) is 27.9 Å². The largest absolute Gasteiger partial charge is 0.456 e. The predicted octanol–water partition coefficient (Wildman–Crippen LogP) is 4.37. The van der Waals surface area contributed by atoms with Gasteiger partial charge in [0.2, 0.25) is 0 Å². The highest BCUT2D eigenvalue weighted by Crippen LogP contribution is 2.34. The number of halogens is 1. The van der Waals surface area contributed by atoms with Crippen molar-refractivity contribution in [3.8, 4) is 11.3 Å². The summed E-state index contributed by atoms with van der Waals surface area (Å²) in [4.78, 5) is 4.18. The summed E-state index contributed by atoms with van der Waals surface area (Å²) in [5.74, 6) is 0.717. The van der Waals surface area contributed by atoms with E-state index in [2.05, 4.69) is 4.98 Å². The monoisotopic (exact) mass is 278 g/mol. The van der Waals surface area contributed by atoms with Crippen molar-refractivity contribution in [2.75, 3.05) is 5.73 Å². The third kappa shape index (κ3) is 1.84. The summed E-state index contributed by atoms with van der Waals surface area (Å²) in [7, 11) is 0. The van der Waals surface area contributed by atoms with E-state index in [1.165, 1.54) is 12.1 Å². The van der Waals surface area contributed by atoms with Crippen LogP contribution < -0.4 is 5.73 Å². The standard InChI is InChI=1S/C17H11FN2O/c18-11-5-6-12-13(8-11)14(9-20-17(12)19)16-7-10-3-1-2-4-15(10)21-16/h1-9H,(H2,19,20). The summed E-state index contributed by atoms with van der Waals surface area (Å²) in [6, 6.07) is 14.1. The van der Waals surface area contributed by atoms with Crippen LogP contribution in [0, 0.1) is 5.82 Å². The third-order valence-electron chi connectivity index (χ3n) is 3.57. The molecule has 0 fully saturated rings. The molecule has 4 heteroatoms. The Bertz CT molecular complexity index is 942. The zero-order valence-electron chi connectivity index (χ0n) is 11.0. The van der Waals surface area contributed by atoms with Gasteiger partial charge in [0.05, 0.1) is 0 Å². The second kappa shape index (κ2) is 4.31. The summed E-state index contributed by atoms with van der Waals surface area (Å²) in [5.41, 5.74) is 7.38. The number of nitrogens with two attached hydrogens (primary N) is 1. The van der Waals surface area contributed by atoms with Gasteiger partial charge < -0.3 is 10.2 Å². The Morgan fingerprint density at radius 1 is 1.00 bits per heavy atom. The van der Waals surface area contributed by atoms with Crippen molar-refractivity contribution in [1.82, 2.24) is 4.98 Å². The Kier molecular flexibility index (Phi) is 2.44. The molecule has 0 saturated heterocycles. The number of rotatable bonds is 1. The maximum atomic E-state index is 13.6. The molecule has 0 spiro atoms. The van der Waals surface area contributed by atoms with Crippen LogP contribution in [0.3, 0.4) is 0 Å². The normalized spacial score (nSPS) is 11.3. The number of hydrogen-bond donors (Lipinski definition) is 1. The van der Waals surface area contributed by atoms with Gasteiger partial charge in [-0.05, 0) is 30.3 Å². The number of hydrogen-bond acceptors (Lipinski definition) is 3. The van der Waals surface area contributed by atoms with Gasteiger partial charge in [0.15, 0.2) is 0 Å².